The first-order valence-electron chi connectivity index (χ1n) is 10.7. The third kappa shape index (κ3) is 6.77. The lowest BCUT2D eigenvalue weighted by atomic mass is 9.96. The van der Waals surface area contributed by atoms with Crippen LogP contribution >= 0.6 is 0 Å². The van der Waals surface area contributed by atoms with Crippen molar-refractivity contribution in [3.8, 4) is 0 Å². The minimum absolute atomic E-state index is 0.0724. The lowest BCUT2D eigenvalue weighted by molar-refractivity contribution is -0.137. The second-order valence-electron chi connectivity index (χ2n) is 8.02. The van der Waals surface area contributed by atoms with E-state index in [0.29, 0.717) is 32.6 Å². The second-order valence-corrected chi connectivity index (χ2v) is 8.02. The van der Waals surface area contributed by atoms with Gasteiger partial charge in [0.1, 0.15) is 6.10 Å². The molecule has 1 aromatic rings. The highest BCUT2D eigenvalue weighted by molar-refractivity contribution is 5.78. The summed E-state index contributed by atoms with van der Waals surface area (Å²) in [5.41, 5.74) is 1.05. The van der Waals surface area contributed by atoms with Gasteiger partial charge in [0.25, 0.3) is 0 Å². The van der Waals surface area contributed by atoms with Crippen LogP contribution in [0.1, 0.15) is 37.8 Å². The fourth-order valence-electron chi connectivity index (χ4n) is 3.99. The van der Waals surface area contributed by atoms with E-state index in [4.69, 9.17) is 9.47 Å². The number of hydrogen-bond donors (Lipinski definition) is 3. The minimum atomic E-state index is -0.503. The molecule has 30 heavy (non-hydrogen) atoms. The molecule has 0 radical (unpaired) electrons. The van der Waals surface area contributed by atoms with Gasteiger partial charge in [-0.05, 0) is 25.3 Å². The predicted molar refractivity (Wildman–Crippen MR) is 112 cm³/mol. The molecular weight excluding hydrogens is 386 g/mol. The topological polar surface area (TPSA) is 100 Å². The first-order valence-corrected chi connectivity index (χ1v) is 10.7. The Morgan fingerprint density at radius 1 is 1.17 bits per heavy atom. The molecule has 166 valence electrons. The smallest absolute Gasteiger partial charge is 0.234 e. The van der Waals surface area contributed by atoms with Gasteiger partial charge in [0.2, 0.25) is 11.8 Å². The average molecular weight is 420 g/mol. The molecule has 0 unspecified atom stereocenters. The van der Waals surface area contributed by atoms with E-state index in [2.05, 4.69) is 15.5 Å². The number of morpholine rings is 1. The van der Waals surface area contributed by atoms with E-state index in [0.717, 1.165) is 18.7 Å². The predicted octanol–water partition coefficient (Wildman–Crippen LogP) is 0.611. The van der Waals surface area contributed by atoms with Gasteiger partial charge in [-0.2, -0.15) is 0 Å². The zero-order valence-corrected chi connectivity index (χ0v) is 17.6. The van der Waals surface area contributed by atoms with Crippen LogP contribution in [0.2, 0.25) is 0 Å². The number of rotatable bonds is 8. The number of carbonyl (C=O) groups is 2. The molecule has 0 aromatic heterocycles. The number of nitrogens with one attached hydrogen (secondary N) is 2. The molecule has 2 saturated heterocycles. The Morgan fingerprint density at radius 3 is 2.60 bits per heavy atom. The molecule has 0 spiro atoms. The SMILES string of the molecule is C[C@H](NC(=O)C[C@H]1CC[C@@H](NC(=O)CN2CCOCC2)[C@@H](CO)O1)c1ccccc1. The van der Waals surface area contributed by atoms with Gasteiger partial charge in [0, 0.05) is 13.1 Å². The zero-order chi connectivity index (χ0) is 21.3. The summed E-state index contributed by atoms with van der Waals surface area (Å²) in [7, 11) is 0. The van der Waals surface area contributed by atoms with Crippen molar-refractivity contribution in [2.75, 3.05) is 39.5 Å². The van der Waals surface area contributed by atoms with E-state index in [1.54, 1.807) is 0 Å². The first-order chi connectivity index (χ1) is 14.5. The molecule has 1 aromatic carbocycles. The highest BCUT2D eigenvalue weighted by atomic mass is 16.5. The van der Waals surface area contributed by atoms with Crippen molar-refractivity contribution < 1.29 is 24.2 Å². The van der Waals surface area contributed by atoms with E-state index in [1.807, 2.05) is 37.3 Å². The Balaban J connectivity index is 1.43. The fourth-order valence-corrected chi connectivity index (χ4v) is 3.99. The molecule has 0 bridgehead atoms. The highest BCUT2D eigenvalue weighted by Crippen LogP contribution is 2.22. The van der Waals surface area contributed by atoms with Crippen LogP contribution in [0.25, 0.3) is 0 Å². The maximum atomic E-state index is 12.4. The molecule has 2 heterocycles. The third-order valence-corrected chi connectivity index (χ3v) is 5.70. The van der Waals surface area contributed by atoms with E-state index in [9.17, 15) is 14.7 Å². The largest absolute Gasteiger partial charge is 0.394 e. The molecule has 2 aliphatic rings. The van der Waals surface area contributed by atoms with Gasteiger partial charge < -0.3 is 25.2 Å². The molecule has 3 rings (SSSR count). The zero-order valence-electron chi connectivity index (χ0n) is 17.6. The summed E-state index contributed by atoms with van der Waals surface area (Å²) in [6.07, 6.45) is 0.801. The molecule has 0 aliphatic carbocycles. The van der Waals surface area contributed by atoms with Crippen molar-refractivity contribution >= 4 is 11.8 Å². The molecule has 2 aliphatic heterocycles. The molecule has 8 nitrogen and oxygen atoms in total. The maximum absolute atomic E-state index is 12.4. The average Bonchev–Trinajstić information content (AvgIpc) is 2.76. The van der Waals surface area contributed by atoms with Crippen molar-refractivity contribution in [1.82, 2.24) is 15.5 Å². The summed E-state index contributed by atoms with van der Waals surface area (Å²) >= 11 is 0. The Labute approximate surface area is 177 Å². The van der Waals surface area contributed by atoms with Gasteiger partial charge in [-0.1, -0.05) is 30.3 Å². The quantitative estimate of drug-likeness (QED) is 0.571. The van der Waals surface area contributed by atoms with Crippen molar-refractivity contribution in [3.63, 3.8) is 0 Å². The van der Waals surface area contributed by atoms with E-state index >= 15 is 0 Å². The van der Waals surface area contributed by atoms with Gasteiger partial charge >= 0.3 is 0 Å². The van der Waals surface area contributed by atoms with Gasteiger partial charge in [0.05, 0.1) is 51.0 Å². The van der Waals surface area contributed by atoms with Crippen molar-refractivity contribution in [3.05, 3.63) is 35.9 Å². The summed E-state index contributed by atoms with van der Waals surface area (Å²) in [5, 5.41) is 15.7. The number of benzene rings is 1. The van der Waals surface area contributed by atoms with Gasteiger partial charge in [-0.3, -0.25) is 14.5 Å². The van der Waals surface area contributed by atoms with Crippen LogP contribution in [-0.4, -0.2) is 79.5 Å². The first kappa shape index (κ1) is 22.7. The van der Waals surface area contributed by atoms with Gasteiger partial charge in [-0.25, -0.2) is 0 Å². The normalized spacial score (nSPS) is 26.0. The second kappa shape index (κ2) is 11.4. The van der Waals surface area contributed by atoms with Crippen LogP contribution in [0, 0.1) is 0 Å². The lowest BCUT2D eigenvalue weighted by Crippen LogP contribution is -2.53. The Morgan fingerprint density at radius 2 is 1.90 bits per heavy atom. The number of aliphatic hydroxyl groups excluding tert-OH is 1. The minimum Gasteiger partial charge on any atom is -0.394 e. The summed E-state index contributed by atoms with van der Waals surface area (Å²) in [5.74, 6) is -0.153. The lowest BCUT2D eigenvalue weighted by Gasteiger charge is -2.36. The number of carbonyl (C=O) groups excluding carboxylic acids is 2. The molecule has 2 fully saturated rings. The van der Waals surface area contributed by atoms with E-state index in [-0.39, 0.29) is 43.0 Å². The van der Waals surface area contributed by atoms with Crippen LogP contribution in [0.5, 0.6) is 0 Å². The summed E-state index contributed by atoms with van der Waals surface area (Å²) in [6.45, 7) is 4.86. The van der Waals surface area contributed by atoms with Crippen LogP contribution in [-0.2, 0) is 19.1 Å². The number of ether oxygens (including phenoxy) is 2. The van der Waals surface area contributed by atoms with Crippen LogP contribution in [0.4, 0.5) is 0 Å². The van der Waals surface area contributed by atoms with E-state index in [1.165, 1.54) is 0 Å². The molecule has 4 atom stereocenters. The third-order valence-electron chi connectivity index (χ3n) is 5.70. The van der Waals surface area contributed by atoms with Crippen molar-refractivity contribution in [2.24, 2.45) is 0 Å². The fraction of sp³-hybridized carbons (Fsp3) is 0.636. The number of hydrogen-bond acceptors (Lipinski definition) is 6. The van der Waals surface area contributed by atoms with Gasteiger partial charge in [0.15, 0.2) is 0 Å². The summed E-state index contributed by atoms with van der Waals surface area (Å²) < 4.78 is 11.2. The molecular formula is C22H33N3O5. The van der Waals surface area contributed by atoms with Crippen molar-refractivity contribution in [1.29, 1.82) is 0 Å². The Bertz CT molecular complexity index is 681. The summed E-state index contributed by atoms with van der Waals surface area (Å²) in [4.78, 5) is 26.8. The van der Waals surface area contributed by atoms with E-state index < -0.39 is 6.10 Å². The number of aliphatic hydroxyl groups is 1. The molecule has 8 heteroatoms. The molecule has 3 N–H and O–H groups in total. The summed E-state index contributed by atoms with van der Waals surface area (Å²) in [6, 6.07) is 9.47. The Kier molecular flexibility index (Phi) is 8.62. The highest BCUT2D eigenvalue weighted by Gasteiger charge is 2.33. The number of amides is 2. The Hall–Kier alpha value is -2.00. The number of nitrogens with zero attached hydrogens (tertiary/aromatic N) is 1. The van der Waals surface area contributed by atoms with Crippen LogP contribution in [0.15, 0.2) is 30.3 Å². The molecule has 0 saturated carbocycles. The van der Waals surface area contributed by atoms with Crippen LogP contribution in [0.3, 0.4) is 0 Å². The standard InChI is InChI=1S/C22H33N3O5/c1-16(17-5-3-2-4-6-17)23-21(27)13-18-7-8-19(20(15-26)30-18)24-22(28)14-25-9-11-29-12-10-25/h2-6,16,18-20,26H,7-15H2,1H3,(H,23,27)(H,24,28)/t16-,18+,19+,20+/m0/s1. The van der Waals surface area contributed by atoms with Crippen molar-refractivity contribution in [2.45, 2.75) is 50.5 Å². The maximum Gasteiger partial charge on any atom is 0.234 e. The van der Waals surface area contributed by atoms with Gasteiger partial charge in [-0.15, -0.1) is 0 Å². The monoisotopic (exact) mass is 419 g/mol. The molecule has 2 amide bonds. The van der Waals surface area contributed by atoms with Crippen LogP contribution < -0.4 is 10.6 Å².